The molecule has 1 aromatic rings. The Morgan fingerprint density at radius 1 is 0.880 bits per heavy atom. The van der Waals surface area contributed by atoms with Gasteiger partial charge in [-0.05, 0) is 44.4 Å². The lowest BCUT2D eigenvalue weighted by molar-refractivity contribution is -0.153. The molecule has 140 valence electrons. The van der Waals surface area contributed by atoms with E-state index in [-0.39, 0.29) is 13.0 Å². The average Bonchev–Trinajstić information content (AvgIpc) is 2.62. The number of esters is 1. The molecule has 0 radical (unpaired) electrons. The smallest absolute Gasteiger partial charge is 0.374 e. The Balaban J connectivity index is 2.16. The van der Waals surface area contributed by atoms with E-state index in [1.54, 1.807) is 6.92 Å². The Labute approximate surface area is 149 Å². The van der Waals surface area contributed by atoms with Crippen LogP contribution in [0, 0.1) is 0 Å². The molecular formula is C19H28O6. The minimum Gasteiger partial charge on any atom is -0.491 e. The summed E-state index contributed by atoms with van der Waals surface area (Å²) < 4.78 is 20.8. The first-order valence-corrected chi connectivity index (χ1v) is 8.74. The first-order valence-electron chi connectivity index (χ1n) is 8.74. The summed E-state index contributed by atoms with van der Waals surface area (Å²) in [6, 6.07) is 7.70. The van der Waals surface area contributed by atoms with Gasteiger partial charge in [-0.2, -0.15) is 0 Å². The number of Topliss-reactive ketones (excluding diaryl/α,β-unsaturated/α-hetero) is 1. The molecule has 0 atom stereocenters. The molecule has 1 aromatic carbocycles. The lowest BCUT2D eigenvalue weighted by Crippen LogP contribution is -2.17. The number of ketones is 1. The normalized spacial score (nSPS) is 10.5. The first-order chi connectivity index (χ1) is 12.2. The fraction of sp³-hybridized carbons (Fsp3) is 0.579. The highest BCUT2D eigenvalue weighted by Crippen LogP contribution is 2.14. The SMILES string of the molecule is CCOCCOCCOc1ccc(CCCC(=O)C(=O)OCC)cc1. The van der Waals surface area contributed by atoms with Crippen molar-refractivity contribution in [3.63, 3.8) is 0 Å². The second-order valence-electron chi connectivity index (χ2n) is 5.30. The number of benzene rings is 1. The van der Waals surface area contributed by atoms with Gasteiger partial charge in [-0.25, -0.2) is 4.79 Å². The zero-order chi connectivity index (χ0) is 18.3. The van der Waals surface area contributed by atoms with E-state index in [1.165, 1.54) is 0 Å². The van der Waals surface area contributed by atoms with Crippen molar-refractivity contribution in [2.75, 3.05) is 39.6 Å². The van der Waals surface area contributed by atoms with Gasteiger partial charge in [-0.1, -0.05) is 12.1 Å². The van der Waals surface area contributed by atoms with Crippen molar-refractivity contribution in [1.82, 2.24) is 0 Å². The molecule has 0 N–H and O–H groups in total. The Bertz CT molecular complexity index is 497. The van der Waals surface area contributed by atoms with Crippen molar-refractivity contribution in [3.8, 4) is 5.75 Å². The number of carbonyl (C=O) groups is 2. The maximum absolute atomic E-state index is 11.5. The van der Waals surface area contributed by atoms with Gasteiger partial charge in [-0.15, -0.1) is 0 Å². The van der Waals surface area contributed by atoms with E-state index in [4.69, 9.17) is 14.2 Å². The van der Waals surface area contributed by atoms with E-state index in [0.717, 1.165) is 17.7 Å². The van der Waals surface area contributed by atoms with Gasteiger partial charge < -0.3 is 18.9 Å². The van der Waals surface area contributed by atoms with E-state index in [2.05, 4.69) is 4.74 Å². The molecule has 1 rings (SSSR count). The Hall–Kier alpha value is -1.92. The predicted molar refractivity (Wildman–Crippen MR) is 93.8 cm³/mol. The summed E-state index contributed by atoms with van der Waals surface area (Å²) in [4.78, 5) is 22.7. The maximum atomic E-state index is 11.5. The van der Waals surface area contributed by atoms with Crippen LogP contribution >= 0.6 is 0 Å². The largest absolute Gasteiger partial charge is 0.491 e. The average molecular weight is 352 g/mol. The number of ether oxygens (including phenoxy) is 4. The van der Waals surface area contributed by atoms with Crippen LogP contribution < -0.4 is 4.74 Å². The van der Waals surface area contributed by atoms with Crippen LogP contribution in [0.1, 0.15) is 32.3 Å². The highest BCUT2D eigenvalue weighted by Gasteiger charge is 2.13. The molecule has 0 aliphatic heterocycles. The fourth-order valence-electron chi connectivity index (χ4n) is 2.10. The van der Waals surface area contributed by atoms with Gasteiger partial charge in [0.05, 0.1) is 26.4 Å². The topological polar surface area (TPSA) is 71.1 Å². The number of rotatable bonds is 14. The third kappa shape index (κ3) is 9.84. The van der Waals surface area contributed by atoms with Crippen LogP contribution in [-0.4, -0.2) is 51.4 Å². The minimum absolute atomic E-state index is 0.205. The molecule has 0 bridgehead atoms. The standard InChI is InChI=1S/C19H28O6/c1-3-22-12-13-23-14-15-25-17-10-8-16(9-11-17)6-5-7-18(20)19(21)24-4-2/h8-11H,3-7,12-15H2,1-2H3. The predicted octanol–water partition coefficient (Wildman–Crippen LogP) is 2.57. The highest BCUT2D eigenvalue weighted by molar-refractivity contribution is 6.33. The maximum Gasteiger partial charge on any atom is 0.374 e. The van der Waals surface area contributed by atoms with Crippen LogP contribution in [0.3, 0.4) is 0 Å². The molecule has 0 amide bonds. The molecule has 6 heteroatoms. The third-order valence-electron chi connectivity index (χ3n) is 3.37. The van der Waals surface area contributed by atoms with E-state index in [0.29, 0.717) is 39.5 Å². The lowest BCUT2D eigenvalue weighted by Gasteiger charge is -2.08. The van der Waals surface area contributed by atoms with E-state index in [1.807, 2.05) is 31.2 Å². The molecule has 0 fully saturated rings. The number of hydrogen-bond acceptors (Lipinski definition) is 6. The second kappa shape index (κ2) is 13.4. The third-order valence-corrected chi connectivity index (χ3v) is 3.37. The summed E-state index contributed by atoms with van der Waals surface area (Å²) >= 11 is 0. The van der Waals surface area contributed by atoms with Crippen LogP contribution in [0.5, 0.6) is 5.75 Å². The molecule has 0 spiro atoms. The Morgan fingerprint density at radius 3 is 2.24 bits per heavy atom. The zero-order valence-electron chi connectivity index (χ0n) is 15.1. The van der Waals surface area contributed by atoms with Gasteiger partial charge >= 0.3 is 5.97 Å². The minimum atomic E-state index is -0.741. The number of carbonyl (C=O) groups excluding carboxylic acids is 2. The van der Waals surface area contributed by atoms with Gasteiger partial charge in [0, 0.05) is 13.0 Å². The van der Waals surface area contributed by atoms with Gasteiger partial charge in [-0.3, -0.25) is 4.79 Å². The molecule has 0 heterocycles. The molecule has 0 aliphatic rings. The summed E-state index contributed by atoms with van der Waals surface area (Å²) in [7, 11) is 0. The van der Waals surface area contributed by atoms with Crippen LogP contribution in [0.15, 0.2) is 24.3 Å². The van der Waals surface area contributed by atoms with E-state index < -0.39 is 11.8 Å². The van der Waals surface area contributed by atoms with Gasteiger partial charge in [0.15, 0.2) is 0 Å². The lowest BCUT2D eigenvalue weighted by atomic mass is 10.1. The Kier molecular flexibility index (Phi) is 11.3. The van der Waals surface area contributed by atoms with Crippen molar-refractivity contribution < 1.29 is 28.5 Å². The van der Waals surface area contributed by atoms with Crippen molar-refractivity contribution >= 4 is 11.8 Å². The van der Waals surface area contributed by atoms with E-state index >= 15 is 0 Å². The molecule has 6 nitrogen and oxygen atoms in total. The summed E-state index contributed by atoms with van der Waals surface area (Å²) in [6.07, 6.45) is 1.55. The molecular weight excluding hydrogens is 324 g/mol. The van der Waals surface area contributed by atoms with Crippen LogP contribution in [0.2, 0.25) is 0 Å². The van der Waals surface area contributed by atoms with Crippen molar-refractivity contribution in [1.29, 1.82) is 0 Å². The highest BCUT2D eigenvalue weighted by atomic mass is 16.5. The van der Waals surface area contributed by atoms with Crippen molar-refractivity contribution in [2.45, 2.75) is 33.1 Å². The Morgan fingerprint density at radius 2 is 1.56 bits per heavy atom. The summed E-state index contributed by atoms with van der Waals surface area (Å²) in [5, 5.41) is 0. The van der Waals surface area contributed by atoms with Gasteiger partial charge in [0.2, 0.25) is 5.78 Å². The fourth-order valence-corrected chi connectivity index (χ4v) is 2.10. The van der Waals surface area contributed by atoms with Gasteiger partial charge in [0.1, 0.15) is 12.4 Å². The van der Waals surface area contributed by atoms with Crippen LogP contribution in [-0.2, 0) is 30.2 Å². The summed E-state index contributed by atoms with van der Waals surface area (Å²) in [5.74, 6) is -0.430. The molecule has 0 saturated carbocycles. The summed E-state index contributed by atoms with van der Waals surface area (Å²) in [5.41, 5.74) is 1.09. The first kappa shape index (κ1) is 21.1. The van der Waals surface area contributed by atoms with Crippen LogP contribution in [0.25, 0.3) is 0 Å². The number of aryl methyl sites for hydroxylation is 1. The quantitative estimate of drug-likeness (QED) is 0.291. The monoisotopic (exact) mass is 352 g/mol. The molecule has 0 aromatic heterocycles. The molecule has 25 heavy (non-hydrogen) atoms. The van der Waals surface area contributed by atoms with E-state index in [9.17, 15) is 9.59 Å². The molecule has 0 aliphatic carbocycles. The number of hydrogen-bond donors (Lipinski definition) is 0. The van der Waals surface area contributed by atoms with Gasteiger partial charge in [0.25, 0.3) is 0 Å². The zero-order valence-corrected chi connectivity index (χ0v) is 15.1. The van der Waals surface area contributed by atoms with Crippen molar-refractivity contribution in [3.05, 3.63) is 29.8 Å². The van der Waals surface area contributed by atoms with Crippen LogP contribution in [0.4, 0.5) is 0 Å². The molecule has 0 unspecified atom stereocenters. The second-order valence-corrected chi connectivity index (χ2v) is 5.30. The summed E-state index contributed by atoms with van der Waals surface area (Å²) in [6.45, 7) is 6.73. The van der Waals surface area contributed by atoms with Crippen molar-refractivity contribution in [2.24, 2.45) is 0 Å². The molecule has 0 saturated heterocycles.